The van der Waals surface area contributed by atoms with Crippen molar-refractivity contribution in [1.29, 1.82) is 0 Å². The van der Waals surface area contributed by atoms with E-state index in [0.717, 1.165) is 5.39 Å². The summed E-state index contributed by atoms with van der Waals surface area (Å²) in [5, 5.41) is 11.9. The van der Waals surface area contributed by atoms with Gasteiger partial charge >= 0.3 is 0 Å². The first kappa shape index (κ1) is 9.07. The maximum absolute atomic E-state index is 9.56. The van der Waals surface area contributed by atoms with E-state index in [1.165, 1.54) is 10.9 Å². The molecule has 0 amide bonds. The van der Waals surface area contributed by atoms with Crippen LogP contribution < -0.4 is 0 Å². The maximum atomic E-state index is 9.56. The van der Waals surface area contributed by atoms with Crippen LogP contribution in [0.4, 0.5) is 0 Å². The molecule has 0 saturated heterocycles. The van der Waals surface area contributed by atoms with Gasteiger partial charge in [0.15, 0.2) is 0 Å². The molecule has 72 valence electrons. The number of phenolic OH excluding ortho intramolecular Hbond substituents is 1. The van der Waals surface area contributed by atoms with Crippen molar-refractivity contribution in [3.63, 3.8) is 0 Å². The van der Waals surface area contributed by atoms with E-state index in [-0.39, 0.29) is 0 Å². The van der Waals surface area contributed by atoms with Crippen molar-refractivity contribution in [3.05, 3.63) is 42.0 Å². The van der Waals surface area contributed by atoms with Crippen molar-refractivity contribution in [2.24, 2.45) is 0 Å². The monoisotopic (exact) mass is 186 g/mol. The highest BCUT2D eigenvalue weighted by atomic mass is 16.3. The first-order valence-electron chi connectivity index (χ1n) is 4.90. The third kappa shape index (κ3) is 1.46. The second kappa shape index (κ2) is 3.33. The second-order valence-electron chi connectivity index (χ2n) is 3.91. The Morgan fingerprint density at radius 3 is 2.50 bits per heavy atom. The first-order valence-corrected chi connectivity index (χ1v) is 4.90. The number of hydrogen-bond donors (Lipinski definition) is 1. The second-order valence-corrected chi connectivity index (χ2v) is 3.91. The number of aromatic hydroxyl groups is 1. The summed E-state index contributed by atoms with van der Waals surface area (Å²) in [6, 6.07) is 11.8. The Hall–Kier alpha value is -1.50. The molecule has 0 aliphatic carbocycles. The molecular weight excluding hydrogens is 172 g/mol. The Labute approximate surface area is 84.0 Å². The van der Waals surface area contributed by atoms with Crippen LogP contribution in [0.25, 0.3) is 10.8 Å². The van der Waals surface area contributed by atoms with Crippen LogP contribution in [0.3, 0.4) is 0 Å². The van der Waals surface area contributed by atoms with Gasteiger partial charge in [-0.3, -0.25) is 0 Å². The molecule has 0 atom stereocenters. The van der Waals surface area contributed by atoms with Gasteiger partial charge in [0.05, 0.1) is 0 Å². The number of phenols is 1. The lowest BCUT2D eigenvalue weighted by molar-refractivity contribution is 0.475. The zero-order chi connectivity index (χ0) is 10.1. The molecule has 2 aromatic rings. The number of fused-ring (bicyclic) bond motifs is 1. The lowest BCUT2D eigenvalue weighted by Crippen LogP contribution is -1.89. The molecule has 0 heterocycles. The minimum atomic E-state index is 0.354. The van der Waals surface area contributed by atoms with Crippen molar-refractivity contribution >= 4 is 10.8 Å². The molecule has 0 aliphatic heterocycles. The smallest absolute Gasteiger partial charge is 0.116 e. The van der Waals surface area contributed by atoms with Crippen LogP contribution in [0.5, 0.6) is 5.75 Å². The van der Waals surface area contributed by atoms with E-state index >= 15 is 0 Å². The topological polar surface area (TPSA) is 20.2 Å². The zero-order valence-corrected chi connectivity index (χ0v) is 8.49. The fourth-order valence-electron chi connectivity index (χ4n) is 1.80. The largest absolute Gasteiger partial charge is 0.508 e. The summed E-state index contributed by atoms with van der Waals surface area (Å²) in [6.45, 7) is 4.28. The Morgan fingerprint density at radius 2 is 1.79 bits per heavy atom. The molecule has 0 aromatic heterocycles. The summed E-state index contributed by atoms with van der Waals surface area (Å²) in [4.78, 5) is 0. The molecule has 14 heavy (non-hydrogen) atoms. The van der Waals surface area contributed by atoms with Crippen molar-refractivity contribution in [2.45, 2.75) is 19.8 Å². The highest BCUT2D eigenvalue weighted by Gasteiger charge is 2.06. The molecule has 2 aromatic carbocycles. The molecule has 0 fully saturated rings. The molecule has 0 unspecified atom stereocenters. The lowest BCUT2D eigenvalue weighted by Gasteiger charge is -2.10. The maximum Gasteiger partial charge on any atom is 0.116 e. The minimum Gasteiger partial charge on any atom is -0.508 e. The number of benzene rings is 2. The lowest BCUT2D eigenvalue weighted by atomic mass is 9.96. The molecule has 0 radical (unpaired) electrons. The van der Waals surface area contributed by atoms with Crippen molar-refractivity contribution in [3.8, 4) is 5.75 Å². The van der Waals surface area contributed by atoms with E-state index in [4.69, 9.17) is 0 Å². The van der Waals surface area contributed by atoms with Gasteiger partial charge in [-0.05, 0) is 34.4 Å². The van der Waals surface area contributed by atoms with E-state index in [1.54, 1.807) is 6.07 Å². The third-order valence-electron chi connectivity index (χ3n) is 2.50. The summed E-state index contributed by atoms with van der Waals surface area (Å²) in [6.07, 6.45) is 0. The standard InChI is InChI=1S/C13H14O/c1-9(2)13-8-11(14)7-10-5-3-4-6-12(10)13/h3-9,14H,1-2H3. The van der Waals surface area contributed by atoms with Crippen LogP contribution in [0.15, 0.2) is 36.4 Å². The SMILES string of the molecule is CC(C)c1cc(O)cc2ccccc12. The zero-order valence-electron chi connectivity index (χ0n) is 8.49. The van der Waals surface area contributed by atoms with E-state index < -0.39 is 0 Å². The van der Waals surface area contributed by atoms with Gasteiger partial charge in [0.25, 0.3) is 0 Å². The molecule has 0 aliphatic rings. The summed E-state index contributed by atoms with van der Waals surface area (Å²) in [5.74, 6) is 0.791. The summed E-state index contributed by atoms with van der Waals surface area (Å²) in [7, 11) is 0. The molecule has 2 rings (SSSR count). The quantitative estimate of drug-likeness (QED) is 0.720. The highest BCUT2D eigenvalue weighted by Crippen LogP contribution is 2.29. The molecule has 1 N–H and O–H groups in total. The van der Waals surface area contributed by atoms with E-state index in [2.05, 4.69) is 19.9 Å². The van der Waals surface area contributed by atoms with Gasteiger partial charge in [-0.2, -0.15) is 0 Å². The normalized spacial score (nSPS) is 11.1. The van der Waals surface area contributed by atoms with Crippen LogP contribution in [-0.4, -0.2) is 5.11 Å². The molecular formula is C13H14O. The number of hydrogen-bond acceptors (Lipinski definition) is 1. The van der Waals surface area contributed by atoms with Crippen molar-refractivity contribution in [1.82, 2.24) is 0 Å². The van der Waals surface area contributed by atoms with Gasteiger partial charge in [-0.15, -0.1) is 0 Å². The third-order valence-corrected chi connectivity index (χ3v) is 2.50. The molecule has 1 nitrogen and oxygen atoms in total. The first-order chi connectivity index (χ1) is 6.68. The van der Waals surface area contributed by atoms with E-state index in [0.29, 0.717) is 11.7 Å². The van der Waals surface area contributed by atoms with Crippen LogP contribution in [-0.2, 0) is 0 Å². The predicted octanol–water partition coefficient (Wildman–Crippen LogP) is 3.67. The average molecular weight is 186 g/mol. The summed E-state index contributed by atoms with van der Waals surface area (Å²) < 4.78 is 0. The van der Waals surface area contributed by atoms with E-state index in [9.17, 15) is 5.11 Å². The van der Waals surface area contributed by atoms with Gasteiger partial charge in [0, 0.05) is 0 Å². The fourth-order valence-corrected chi connectivity index (χ4v) is 1.80. The van der Waals surface area contributed by atoms with Gasteiger partial charge in [-0.25, -0.2) is 0 Å². The van der Waals surface area contributed by atoms with Crippen LogP contribution in [0, 0.1) is 0 Å². The minimum absolute atomic E-state index is 0.354. The molecule has 0 spiro atoms. The Bertz CT molecular complexity index is 458. The van der Waals surface area contributed by atoms with Gasteiger partial charge < -0.3 is 5.11 Å². The van der Waals surface area contributed by atoms with Crippen LogP contribution in [0.1, 0.15) is 25.3 Å². The van der Waals surface area contributed by atoms with Crippen LogP contribution >= 0.6 is 0 Å². The fraction of sp³-hybridized carbons (Fsp3) is 0.231. The molecule has 0 saturated carbocycles. The van der Waals surface area contributed by atoms with Gasteiger partial charge in [0.1, 0.15) is 5.75 Å². The van der Waals surface area contributed by atoms with E-state index in [1.807, 2.05) is 24.3 Å². The molecule has 0 bridgehead atoms. The van der Waals surface area contributed by atoms with Crippen LogP contribution in [0.2, 0.25) is 0 Å². The Balaban J connectivity index is 2.80. The number of rotatable bonds is 1. The van der Waals surface area contributed by atoms with Crippen molar-refractivity contribution in [2.75, 3.05) is 0 Å². The van der Waals surface area contributed by atoms with Gasteiger partial charge in [-0.1, -0.05) is 38.1 Å². The van der Waals surface area contributed by atoms with Crippen molar-refractivity contribution < 1.29 is 5.11 Å². The predicted molar refractivity (Wildman–Crippen MR) is 59.7 cm³/mol. The summed E-state index contributed by atoms with van der Waals surface area (Å²) >= 11 is 0. The average Bonchev–Trinajstić information content (AvgIpc) is 2.16. The summed E-state index contributed by atoms with van der Waals surface area (Å²) in [5.41, 5.74) is 1.21. The molecule has 1 heteroatoms. The Kier molecular flexibility index (Phi) is 2.16. The van der Waals surface area contributed by atoms with Gasteiger partial charge in [0.2, 0.25) is 0 Å². The Morgan fingerprint density at radius 1 is 1.07 bits per heavy atom. The highest BCUT2D eigenvalue weighted by molar-refractivity contribution is 5.87.